The normalized spacial score (nSPS) is 23.1. The standard InChI is InChI=1S/C23H30O4/c1-17(15-27-16-19-6-4-3-5-7-19)12-21(24)20-14-23(8-10-26-11-9-23)18(2)13-22(20)25/h3-7,13,17,20H,8-12,14-16H2,1-2H3/t17-,20?/m1/s1. The van der Waals surface area contributed by atoms with E-state index in [0.29, 0.717) is 39.3 Å². The minimum atomic E-state index is -0.497. The van der Waals surface area contributed by atoms with Gasteiger partial charge in [0.25, 0.3) is 0 Å². The average molecular weight is 370 g/mol. The Balaban J connectivity index is 1.53. The summed E-state index contributed by atoms with van der Waals surface area (Å²) < 4.78 is 11.3. The second-order valence-corrected chi connectivity index (χ2v) is 8.16. The van der Waals surface area contributed by atoms with Crippen LogP contribution in [0.2, 0.25) is 0 Å². The summed E-state index contributed by atoms with van der Waals surface area (Å²) in [6, 6.07) is 10.0. The minimum absolute atomic E-state index is 0.0213. The molecular formula is C23H30O4. The second kappa shape index (κ2) is 8.94. The molecule has 4 nitrogen and oxygen atoms in total. The van der Waals surface area contributed by atoms with Crippen molar-refractivity contribution in [3.63, 3.8) is 0 Å². The monoisotopic (exact) mass is 370 g/mol. The highest BCUT2D eigenvalue weighted by molar-refractivity contribution is 6.08. The lowest BCUT2D eigenvalue weighted by atomic mass is 9.63. The van der Waals surface area contributed by atoms with Crippen molar-refractivity contribution >= 4 is 11.6 Å². The van der Waals surface area contributed by atoms with Crippen LogP contribution in [0.3, 0.4) is 0 Å². The molecule has 1 spiro atoms. The fourth-order valence-electron chi connectivity index (χ4n) is 4.25. The molecule has 0 aromatic heterocycles. The topological polar surface area (TPSA) is 52.6 Å². The van der Waals surface area contributed by atoms with Gasteiger partial charge >= 0.3 is 0 Å². The number of hydrogen-bond acceptors (Lipinski definition) is 4. The Labute approximate surface area is 161 Å². The smallest absolute Gasteiger partial charge is 0.166 e. The number of hydrogen-bond donors (Lipinski definition) is 0. The van der Waals surface area contributed by atoms with Gasteiger partial charge < -0.3 is 9.47 Å². The molecule has 1 aromatic rings. The number of carbonyl (C=O) groups excluding carboxylic acids is 2. The highest BCUT2D eigenvalue weighted by atomic mass is 16.5. The first-order valence-corrected chi connectivity index (χ1v) is 9.95. The second-order valence-electron chi connectivity index (χ2n) is 8.16. The SMILES string of the molecule is CC1=CC(=O)C(C(=O)C[C@@H](C)COCc2ccccc2)CC12CCOCC2. The Morgan fingerprint density at radius 2 is 1.96 bits per heavy atom. The van der Waals surface area contributed by atoms with Crippen LogP contribution in [0.5, 0.6) is 0 Å². The van der Waals surface area contributed by atoms with E-state index < -0.39 is 5.92 Å². The number of benzene rings is 1. The van der Waals surface area contributed by atoms with Crippen LogP contribution in [0, 0.1) is 17.3 Å². The highest BCUT2D eigenvalue weighted by Gasteiger charge is 2.43. The number of carbonyl (C=O) groups is 2. The summed E-state index contributed by atoms with van der Waals surface area (Å²) in [4.78, 5) is 25.3. The first kappa shape index (κ1) is 20.0. The zero-order chi connectivity index (χ0) is 19.3. The summed E-state index contributed by atoms with van der Waals surface area (Å²) in [5.74, 6) is -0.354. The van der Waals surface area contributed by atoms with Crippen LogP contribution >= 0.6 is 0 Å². The Morgan fingerprint density at radius 3 is 2.67 bits per heavy atom. The average Bonchev–Trinajstić information content (AvgIpc) is 2.66. The largest absolute Gasteiger partial charge is 0.381 e. The number of allylic oxidation sites excluding steroid dienone is 2. The molecular weight excluding hydrogens is 340 g/mol. The van der Waals surface area contributed by atoms with Gasteiger partial charge in [0, 0.05) is 26.2 Å². The lowest BCUT2D eigenvalue weighted by Gasteiger charge is -2.42. The van der Waals surface area contributed by atoms with Gasteiger partial charge in [-0.2, -0.15) is 0 Å². The molecule has 0 saturated carbocycles. The van der Waals surface area contributed by atoms with Crippen molar-refractivity contribution in [1.29, 1.82) is 0 Å². The van der Waals surface area contributed by atoms with Crippen molar-refractivity contribution < 1.29 is 19.1 Å². The van der Waals surface area contributed by atoms with Gasteiger partial charge in [0.15, 0.2) is 5.78 Å². The number of ether oxygens (including phenoxy) is 2. The van der Waals surface area contributed by atoms with E-state index in [2.05, 4.69) is 0 Å². The van der Waals surface area contributed by atoms with E-state index in [9.17, 15) is 9.59 Å². The molecule has 1 heterocycles. The van der Waals surface area contributed by atoms with Crippen molar-refractivity contribution in [2.45, 2.75) is 46.1 Å². The third kappa shape index (κ3) is 4.94. The zero-order valence-electron chi connectivity index (χ0n) is 16.4. The lowest BCUT2D eigenvalue weighted by Crippen LogP contribution is -2.41. The van der Waals surface area contributed by atoms with Gasteiger partial charge in [0.2, 0.25) is 0 Å². The van der Waals surface area contributed by atoms with E-state index in [-0.39, 0.29) is 22.9 Å². The maximum Gasteiger partial charge on any atom is 0.166 e. The van der Waals surface area contributed by atoms with E-state index in [4.69, 9.17) is 9.47 Å². The van der Waals surface area contributed by atoms with Crippen LogP contribution in [0.4, 0.5) is 0 Å². The van der Waals surface area contributed by atoms with Gasteiger partial charge in [0.1, 0.15) is 5.78 Å². The van der Waals surface area contributed by atoms with Crippen LogP contribution < -0.4 is 0 Å². The summed E-state index contributed by atoms with van der Waals surface area (Å²) in [6.07, 6.45) is 4.57. The Bertz CT molecular complexity index is 686. The Morgan fingerprint density at radius 1 is 1.26 bits per heavy atom. The molecule has 1 aliphatic heterocycles. The van der Waals surface area contributed by atoms with E-state index >= 15 is 0 Å². The third-order valence-electron chi connectivity index (χ3n) is 6.04. The minimum Gasteiger partial charge on any atom is -0.381 e. The zero-order valence-corrected chi connectivity index (χ0v) is 16.4. The molecule has 3 rings (SSSR count). The predicted molar refractivity (Wildman–Crippen MR) is 104 cm³/mol. The first-order chi connectivity index (χ1) is 13.0. The molecule has 1 aliphatic carbocycles. The molecule has 1 saturated heterocycles. The molecule has 0 N–H and O–H groups in total. The fourth-order valence-corrected chi connectivity index (χ4v) is 4.25. The third-order valence-corrected chi connectivity index (χ3v) is 6.04. The van der Waals surface area contributed by atoms with Gasteiger partial charge in [0.05, 0.1) is 12.5 Å². The maximum atomic E-state index is 12.8. The van der Waals surface area contributed by atoms with Crippen molar-refractivity contribution in [2.24, 2.45) is 17.3 Å². The molecule has 146 valence electrons. The Hall–Kier alpha value is -1.78. The molecule has 0 radical (unpaired) electrons. The molecule has 4 heteroatoms. The van der Waals surface area contributed by atoms with Crippen LogP contribution in [0.15, 0.2) is 42.0 Å². The van der Waals surface area contributed by atoms with Crippen LogP contribution in [0.25, 0.3) is 0 Å². The summed E-state index contributed by atoms with van der Waals surface area (Å²) >= 11 is 0. The fraction of sp³-hybridized carbons (Fsp3) is 0.565. The number of ketones is 2. The quantitative estimate of drug-likeness (QED) is 0.677. The van der Waals surface area contributed by atoms with E-state index in [0.717, 1.165) is 24.0 Å². The summed E-state index contributed by atoms with van der Waals surface area (Å²) in [5, 5.41) is 0. The number of Topliss-reactive ketones (excluding diaryl/α,β-unsaturated/α-hetero) is 1. The molecule has 2 atom stereocenters. The summed E-state index contributed by atoms with van der Waals surface area (Å²) in [5.41, 5.74) is 2.22. The molecule has 27 heavy (non-hydrogen) atoms. The highest BCUT2D eigenvalue weighted by Crippen LogP contribution is 2.46. The van der Waals surface area contributed by atoms with Gasteiger partial charge in [-0.05, 0) is 49.2 Å². The van der Waals surface area contributed by atoms with Crippen molar-refractivity contribution in [2.75, 3.05) is 19.8 Å². The maximum absolute atomic E-state index is 12.8. The van der Waals surface area contributed by atoms with Crippen LogP contribution in [-0.4, -0.2) is 31.4 Å². The van der Waals surface area contributed by atoms with Gasteiger partial charge in [-0.1, -0.05) is 42.8 Å². The first-order valence-electron chi connectivity index (χ1n) is 9.95. The molecule has 2 aliphatic rings. The Kier molecular flexibility index (Phi) is 6.61. The van der Waals surface area contributed by atoms with E-state index in [1.165, 1.54) is 0 Å². The lowest BCUT2D eigenvalue weighted by molar-refractivity contribution is -0.134. The van der Waals surface area contributed by atoms with E-state index in [1.54, 1.807) is 6.08 Å². The molecule has 0 amide bonds. The predicted octanol–water partition coefficient (Wildman–Crippen LogP) is 4.13. The number of rotatable bonds is 7. The summed E-state index contributed by atoms with van der Waals surface area (Å²) in [7, 11) is 0. The summed E-state index contributed by atoms with van der Waals surface area (Å²) in [6.45, 7) is 6.54. The van der Waals surface area contributed by atoms with Crippen molar-refractivity contribution in [3.05, 3.63) is 47.5 Å². The molecule has 0 bridgehead atoms. The van der Waals surface area contributed by atoms with Crippen LogP contribution in [0.1, 0.15) is 45.1 Å². The van der Waals surface area contributed by atoms with Crippen molar-refractivity contribution in [1.82, 2.24) is 0 Å². The van der Waals surface area contributed by atoms with Gasteiger partial charge in [-0.15, -0.1) is 0 Å². The van der Waals surface area contributed by atoms with Gasteiger partial charge in [-0.3, -0.25) is 9.59 Å². The molecule has 1 aromatic carbocycles. The molecule has 1 fully saturated rings. The van der Waals surface area contributed by atoms with Crippen molar-refractivity contribution in [3.8, 4) is 0 Å². The van der Waals surface area contributed by atoms with Gasteiger partial charge in [-0.25, -0.2) is 0 Å². The van der Waals surface area contributed by atoms with E-state index in [1.807, 2.05) is 44.2 Å². The molecule has 1 unspecified atom stereocenters. The van der Waals surface area contributed by atoms with Crippen LogP contribution in [-0.2, 0) is 25.7 Å².